The van der Waals surface area contributed by atoms with Gasteiger partial charge in [-0.3, -0.25) is 9.59 Å². The number of ether oxygens (including phenoxy) is 2. The van der Waals surface area contributed by atoms with E-state index in [0.29, 0.717) is 24.4 Å². The lowest BCUT2D eigenvalue weighted by atomic mass is 9.97. The molecule has 1 aliphatic heterocycles. The Morgan fingerprint density at radius 1 is 1.26 bits per heavy atom. The molecule has 0 radical (unpaired) electrons. The first-order valence-corrected chi connectivity index (χ1v) is 7.39. The molecule has 0 aliphatic carbocycles. The average Bonchev–Trinajstić information content (AvgIpc) is 2.59. The molecule has 2 N–H and O–H groups in total. The van der Waals surface area contributed by atoms with Crippen molar-refractivity contribution in [3.8, 4) is 5.75 Å². The van der Waals surface area contributed by atoms with E-state index in [-0.39, 0.29) is 24.3 Å². The van der Waals surface area contributed by atoms with Crippen molar-refractivity contribution < 1.29 is 23.9 Å². The molecule has 1 aromatic rings. The molecule has 1 atom stereocenters. The van der Waals surface area contributed by atoms with Gasteiger partial charge in [0.1, 0.15) is 5.75 Å². The van der Waals surface area contributed by atoms with E-state index in [1.54, 1.807) is 29.2 Å². The monoisotopic (exact) mass is 320 g/mol. The number of hydrogen-bond acceptors (Lipinski definition) is 5. The standard InChI is InChI=1S/C16H20N2O5/c1-22-16(21)11-4-6-13(7-5-11)23-10-14(19)18-8-2-3-12(9-18)15(17)20/h4-7,12H,2-3,8-10H2,1H3,(H2,17,20)/t12-/m0/s1. The van der Waals surface area contributed by atoms with Crippen LogP contribution in [0.1, 0.15) is 23.2 Å². The lowest BCUT2D eigenvalue weighted by Gasteiger charge is -2.31. The summed E-state index contributed by atoms with van der Waals surface area (Å²) in [5, 5.41) is 0. The van der Waals surface area contributed by atoms with Gasteiger partial charge >= 0.3 is 5.97 Å². The number of carbonyl (C=O) groups excluding carboxylic acids is 3. The lowest BCUT2D eigenvalue weighted by molar-refractivity contribution is -0.136. The molecule has 0 aromatic heterocycles. The normalized spacial score (nSPS) is 17.4. The fourth-order valence-corrected chi connectivity index (χ4v) is 2.48. The first-order valence-electron chi connectivity index (χ1n) is 7.39. The van der Waals surface area contributed by atoms with Crippen molar-refractivity contribution in [1.29, 1.82) is 0 Å². The van der Waals surface area contributed by atoms with Crippen LogP contribution in [-0.4, -0.2) is 49.5 Å². The first kappa shape index (κ1) is 16.8. The summed E-state index contributed by atoms with van der Waals surface area (Å²) >= 11 is 0. The minimum atomic E-state index is -0.432. The molecule has 2 amide bonds. The van der Waals surface area contributed by atoms with Crippen molar-refractivity contribution >= 4 is 17.8 Å². The van der Waals surface area contributed by atoms with E-state index < -0.39 is 5.97 Å². The number of nitrogens with two attached hydrogens (primary N) is 1. The number of amides is 2. The molecule has 1 aromatic carbocycles. The summed E-state index contributed by atoms with van der Waals surface area (Å²) in [7, 11) is 1.31. The van der Waals surface area contributed by atoms with Gasteiger partial charge < -0.3 is 20.1 Å². The molecule has 23 heavy (non-hydrogen) atoms. The second-order valence-electron chi connectivity index (χ2n) is 5.39. The summed E-state index contributed by atoms with van der Waals surface area (Å²) in [6, 6.07) is 6.33. The topological polar surface area (TPSA) is 98.9 Å². The zero-order chi connectivity index (χ0) is 16.8. The van der Waals surface area contributed by atoms with Crippen molar-refractivity contribution in [2.24, 2.45) is 11.7 Å². The van der Waals surface area contributed by atoms with E-state index in [9.17, 15) is 14.4 Å². The van der Waals surface area contributed by atoms with E-state index in [2.05, 4.69) is 4.74 Å². The van der Waals surface area contributed by atoms with Crippen LogP contribution >= 0.6 is 0 Å². The van der Waals surface area contributed by atoms with Gasteiger partial charge in [-0.15, -0.1) is 0 Å². The van der Waals surface area contributed by atoms with Gasteiger partial charge in [0.25, 0.3) is 5.91 Å². The van der Waals surface area contributed by atoms with E-state index in [1.165, 1.54) is 7.11 Å². The number of nitrogens with zero attached hydrogens (tertiary/aromatic N) is 1. The number of hydrogen-bond donors (Lipinski definition) is 1. The van der Waals surface area contributed by atoms with Crippen LogP contribution in [0.25, 0.3) is 0 Å². The number of esters is 1. The molecule has 1 aliphatic rings. The highest BCUT2D eigenvalue weighted by Crippen LogP contribution is 2.17. The van der Waals surface area contributed by atoms with E-state index >= 15 is 0 Å². The van der Waals surface area contributed by atoms with Crippen molar-refractivity contribution in [2.75, 3.05) is 26.8 Å². The highest BCUT2D eigenvalue weighted by molar-refractivity contribution is 5.89. The largest absolute Gasteiger partial charge is 0.484 e. The minimum absolute atomic E-state index is 0.122. The van der Waals surface area contributed by atoms with Gasteiger partial charge in [0.2, 0.25) is 5.91 Å². The van der Waals surface area contributed by atoms with Crippen molar-refractivity contribution in [2.45, 2.75) is 12.8 Å². The fraction of sp³-hybridized carbons (Fsp3) is 0.438. The zero-order valence-corrected chi connectivity index (χ0v) is 13.0. The van der Waals surface area contributed by atoms with Crippen LogP contribution < -0.4 is 10.5 Å². The number of piperidine rings is 1. The third-order valence-electron chi connectivity index (χ3n) is 3.81. The predicted molar refractivity (Wildman–Crippen MR) is 81.8 cm³/mol. The Bertz CT molecular complexity index is 585. The van der Waals surface area contributed by atoms with Gasteiger partial charge in [0.05, 0.1) is 18.6 Å². The Labute approximate surface area is 134 Å². The third-order valence-corrected chi connectivity index (χ3v) is 3.81. The summed E-state index contributed by atoms with van der Waals surface area (Å²) in [4.78, 5) is 36.3. The van der Waals surface area contributed by atoms with Gasteiger partial charge in [-0.2, -0.15) is 0 Å². The molecule has 1 heterocycles. The van der Waals surface area contributed by atoms with Gasteiger partial charge in [0.15, 0.2) is 6.61 Å². The summed E-state index contributed by atoms with van der Waals surface area (Å²) in [6.45, 7) is 0.828. The molecule has 0 unspecified atom stereocenters. The summed E-state index contributed by atoms with van der Waals surface area (Å²) in [6.07, 6.45) is 1.47. The molecular formula is C16H20N2O5. The molecule has 7 heteroatoms. The Kier molecular flexibility index (Phi) is 5.56. The van der Waals surface area contributed by atoms with E-state index in [0.717, 1.165) is 12.8 Å². The van der Waals surface area contributed by atoms with Crippen LogP contribution in [0.5, 0.6) is 5.75 Å². The number of benzene rings is 1. The molecule has 0 bridgehead atoms. The van der Waals surface area contributed by atoms with Crippen molar-refractivity contribution in [1.82, 2.24) is 4.90 Å². The second-order valence-corrected chi connectivity index (χ2v) is 5.39. The highest BCUT2D eigenvalue weighted by atomic mass is 16.5. The van der Waals surface area contributed by atoms with Crippen LogP contribution in [0.4, 0.5) is 0 Å². The number of methoxy groups -OCH3 is 1. The maximum atomic E-state index is 12.1. The van der Waals surface area contributed by atoms with Crippen molar-refractivity contribution in [3.05, 3.63) is 29.8 Å². The van der Waals surface area contributed by atoms with Crippen LogP contribution in [0.3, 0.4) is 0 Å². The van der Waals surface area contributed by atoms with Crippen LogP contribution in [-0.2, 0) is 14.3 Å². The van der Waals surface area contributed by atoms with Crippen molar-refractivity contribution in [3.63, 3.8) is 0 Å². The molecule has 7 nitrogen and oxygen atoms in total. The Morgan fingerprint density at radius 3 is 2.57 bits per heavy atom. The number of carbonyl (C=O) groups is 3. The van der Waals surface area contributed by atoms with Crippen LogP contribution in [0.15, 0.2) is 24.3 Å². The summed E-state index contributed by atoms with van der Waals surface area (Å²) < 4.78 is 10.0. The number of primary amides is 1. The third kappa shape index (κ3) is 4.45. The fourth-order valence-electron chi connectivity index (χ4n) is 2.48. The van der Waals surface area contributed by atoms with Gasteiger partial charge in [-0.05, 0) is 37.1 Å². The molecule has 2 rings (SSSR count). The smallest absolute Gasteiger partial charge is 0.337 e. The molecule has 0 saturated carbocycles. The zero-order valence-electron chi connectivity index (χ0n) is 13.0. The highest BCUT2D eigenvalue weighted by Gasteiger charge is 2.27. The first-order chi connectivity index (χ1) is 11.0. The number of rotatable bonds is 5. The Morgan fingerprint density at radius 2 is 1.96 bits per heavy atom. The van der Waals surface area contributed by atoms with E-state index in [1.807, 2.05) is 0 Å². The van der Waals surface area contributed by atoms with Gasteiger partial charge in [0, 0.05) is 13.1 Å². The molecule has 1 fully saturated rings. The van der Waals surface area contributed by atoms with E-state index in [4.69, 9.17) is 10.5 Å². The Hall–Kier alpha value is -2.57. The summed E-state index contributed by atoms with van der Waals surface area (Å²) in [5.74, 6) is -0.797. The molecule has 1 saturated heterocycles. The average molecular weight is 320 g/mol. The number of likely N-dealkylation sites (tertiary alicyclic amines) is 1. The maximum Gasteiger partial charge on any atom is 0.337 e. The minimum Gasteiger partial charge on any atom is -0.484 e. The lowest BCUT2D eigenvalue weighted by Crippen LogP contribution is -2.45. The predicted octanol–water partition coefficient (Wildman–Crippen LogP) is 0.576. The van der Waals surface area contributed by atoms with Gasteiger partial charge in [-0.25, -0.2) is 4.79 Å². The van der Waals surface area contributed by atoms with Gasteiger partial charge in [-0.1, -0.05) is 0 Å². The quantitative estimate of drug-likeness (QED) is 0.800. The van der Waals surface area contributed by atoms with Crippen LogP contribution in [0.2, 0.25) is 0 Å². The van der Waals surface area contributed by atoms with Crippen LogP contribution in [0, 0.1) is 5.92 Å². The summed E-state index contributed by atoms with van der Waals surface area (Å²) in [5.41, 5.74) is 5.71. The second kappa shape index (κ2) is 7.62. The Balaban J connectivity index is 1.86. The molecule has 0 spiro atoms. The SMILES string of the molecule is COC(=O)c1ccc(OCC(=O)N2CCC[C@H](C(N)=O)C2)cc1. The maximum absolute atomic E-state index is 12.1. The molecule has 124 valence electrons. The molecular weight excluding hydrogens is 300 g/mol.